The molecule has 8 heteroatoms. The third kappa shape index (κ3) is 4.61. The molecule has 0 aliphatic carbocycles. The molecule has 2 fully saturated rings. The number of hydrogen-bond acceptors (Lipinski definition) is 5. The van der Waals surface area contributed by atoms with Crippen LogP contribution in [0.25, 0.3) is 0 Å². The first-order valence-corrected chi connectivity index (χ1v) is 11.9. The average Bonchev–Trinajstić information content (AvgIpc) is 3.17. The molecule has 0 radical (unpaired) electrons. The third-order valence-corrected chi connectivity index (χ3v) is 7.48. The first-order valence-electron chi connectivity index (χ1n) is 11.9. The molecule has 1 aromatic rings. The number of carbonyl (C=O) groups is 4. The van der Waals surface area contributed by atoms with Gasteiger partial charge in [0.25, 0.3) is 5.91 Å². The Hall–Kier alpha value is -2.90. The van der Waals surface area contributed by atoms with Gasteiger partial charge < -0.3 is 19.4 Å². The Labute approximate surface area is 194 Å². The van der Waals surface area contributed by atoms with Crippen LogP contribution in [-0.2, 0) is 25.7 Å². The number of carbonyl (C=O) groups excluding carboxylic acids is 4. The summed E-state index contributed by atoms with van der Waals surface area (Å²) in [6, 6.07) is 7.61. The highest BCUT2D eigenvalue weighted by atomic mass is 16.5. The normalized spacial score (nSPS) is 20.5. The van der Waals surface area contributed by atoms with Gasteiger partial charge in [-0.15, -0.1) is 0 Å². The number of ether oxygens (including phenoxy) is 1. The second-order valence-electron chi connectivity index (χ2n) is 9.36. The number of hydrogen-bond donors (Lipinski definition) is 0. The number of amides is 3. The van der Waals surface area contributed by atoms with Crippen molar-refractivity contribution in [1.82, 2.24) is 14.7 Å². The topological polar surface area (TPSA) is 87.2 Å². The van der Waals surface area contributed by atoms with Crippen molar-refractivity contribution in [3.63, 3.8) is 0 Å². The Bertz CT molecular complexity index is 930. The van der Waals surface area contributed by atoms with Crippen LogP contribution in [0.1, 0.15) is 61.9 Å². The van der Waals surface area contributed by atoms with Gasteiger partial charge in [-0.05, 0) is 44.2 Å². The number of fused-ring (bicyclic) bond motifs is 1. The van der Waals surface area contributed by atoms with Crippen LogP contribution in [-0.4, -0.2) is 76.7 Å². The van der Waals surface area contributed by atoms with E-state index in [2.05, 4.69) is 0 Å². The minimum absolute atomic E-state index is 0.0114. The highest BCUT2D eigenvalue weighted by Crippen LogP contribution is 2.39. The summed E-state index contributed by atoms with van der Waals surface area (Å²) in [5, 5.41) is 0. The van der Waals surface area contributed by atoms with Crippen LogP contribution >= 0.6 is 0 Å². The molecule has 0 saturated carbocycles. The zero-order chi connectivity index (χ0) is 23.6. The highest BCUT2D eigenvalue weighted by Gasteiger charge is 2.48. The van der Waals surface area contributed by atoms with Crippen molar-refractivity contribution in [3.8, 4) is 0 Å². The average molecular weight is 456 g/mol. The number of nitrogens with zero attached hydrogens (tertiary/aromatic N) is 3. The molecule has 0 bridgehead atoms. The molecule has 4 rings (SSSR count). The number of rotatable bonds is 5. The van der Waals surface area contributed by atoms with Gasteiger partial charge in [0.2, 0.25) is 11.8 Å². The molecule has 0 spiro atoms. The molecule has 3 amide bonds. The Morgan fingerprint density at radius 1 is 1.03 bits per heavy atom. The molecule has 3 heterocycles. The third-order valence-electron chi connectivity index (χ3n) is 7.48. The van der Waals surface area contributed by atoms with E-state index >= 15 is 0 Å². The van der Waals surface area contributed by atoms with Crippen molar-refractivity contribution in [2.45, 2.75) is 58.0 Å². The molecule has 3 aliphatic rings. The molecular weight excluding hydrogens is 422 g/mol. The molecule has 8 nitrogen and oxygen atoms in total. The van der Waals surface area contributed by atoms with Gasteiger partial charge >= 0.3 is 5.97 Å². The molecule has 3 aliphatic heterocycles. The Morgan fingerprint density at radius 3 is 2.30 bits per heavy atom. The molecule has 1 aromatic carbocycles. The van der Waals surface area contributed by atoms with Crippen LogP contribution in [0.3, 0.4) is 0 Å². The largest absolute Gasteiger partial charge is 0.466 e. The predicted octanol–water partition coefficient (Wildman–Crippen LogP) is 2.22. The van der Waals surface area contributed by atoms with Gasteiger partial charge in [0, 0.05) is 45.2 Å². The van der Waals surface area contributed by atoms with Gasteiger partial charge in [-0.3, -0.25) is 19.2 Å². The maximum atomic E-state index is 13.4. The van der Waals surface area contributed by atoms with Crippen molar-refractivity contribution < 1.29 is 23.9 Å². The van der Waals surface area contributed by atoms with E-state index in [0.29, 0.717) is 70.6 Å². The summed E-state index contributed by atoms with van der Waals surface area (Å²) < 4.78 is 5.14. The maximum Gasteiger partial charge on any atom is 0.309 e. The summed E-state index contributed by atoms with van der Waals surface area (Å²) in [5.74, 6) is -0.338. The SMILES string of the molecule is CCOC(=O)C1CCN(C(=O)CC2(N3Cc4ccccc4C3=O)CCN(C(C)=O)CC2)CC1. The molecule has 33 heavy (non-hydrogen) atoms. The van der Waals surface area contributed by atoms with Gasteiger partial charge in [0.15, 0.2) is 0 Å². The van der Waals surface area contributed by atoms with Crippen molar-refractivity contribution in [3.05, 3.63) is 35.4 Å². The molecule has 0 atom stereocenters. The lowest BCUT2D eigenvalue weighted by molar-refractivity contribution is -0.152. The van der Waals surface area contributed by atoms with E-state index < -0.39 is 5.54 Å². The monoisotopic (exact) mass is 455 g/mol. The minimum atomic E-state index is -0.614. The summed E-state index contributed by atoms with van der Waals surface area (Å²) >= 11 is 0. The van der Waals surface area contributed by atoms with E-state index in [0.717, 1.165) is 5.56 Å². The lowest BCUT2D eigenvalue weighted by Gasteiger charge is -2.48. The fraction of sp³-hybridized carbons (Fsp3) is 0.600. The summed E-state index contributed by atoms with van der Waals surface area (Å²) in [6.45, 7) is 6.32. The number of likely N-dealkylation sites (tertiary alicyclic amines) is 2. The number of esters is 1. The van der Waals surface area contributed by atoms with Gasteiger partial charge in [0.1, 0.15) is 0 Å². The summed E-state index contributed by atoms with van der Waals surface area (Å²) in [5.41, 5.74) is 1.07. The maximum absolute atomic E-state index is 13.4. The fourth-order valence-electron chi connectivity index (χ4n) is 5.44. The first-order chi connectivity index (χ1) is 15.8. The Morgan fingerprint density at radius 2 is 1.70 bits per heavy atom. The number of piperidine rings is 2. The number of benzene rings is 1. The van der Waals surface area contributed by atoms with E-state index in [1.54, 1.807) is 18.7 Å². The molecule has 0 unspecified atom stereocenters. The van der Waals surface area contributed by atoms with Crippen molar-refractivity contribution in [1.29, 1.82) is 0 Å². The molecule has 2 saturated heterocycles. The van der Waals surface area contributed by atoms with Crippen LogP contribution < -0.4 is 0 Å². The van der Waals surface area contributed by atoms with E-state index in [1.807, 2.05) is 34.1 Å². The first kappa shape index (κ1) is 23.3. The van der Waals surface area contributed by atoms with E-state index in [1.165, 1.54) is 0 Å². The van der Waals surface area contributed by atoms with Crippen molar-refractivity contribution in [2.75, 3.05) is 32.8 Å². The molecular formula is C25H33N3O5. The highest BCUT2D eigenvalue weighted by molar-refractivity contribution is 5.99. The summed E-state index contributed by atoms with van der Waals surface area (Å²) in [7, 11) is 0. The van der Waals surface area contributed by atoms with Gasteiger partial charge in [-0.1, -0.05) is 18.2 Å². The smallest absolute Gasteiger partial charge is 0.309 e. The van der Waals surface area contributed by atoms with E-state index in [9.17, 15) is 19.2 Å². The molecule has 0 aromatic heterocycles. The van der Waals surface area contributed by atoms with Crippen LogP contribution in [0.5, 0.6) is 0 Å². The quantitative estimate of drug-likeness (QED) is 0.636. The van der Waals surface area contributed by atoms with Crippen LogP contribution in [0.2, 0.25) is 0 Å². The second kappa shape index (κ2) is 9.53. The predicted molar refractivity (Wildman–Crippen MR) is 121 cm³/mol. The van der Waals surface area contributed by atoms with E-state index in [4.69, 9.17) is 4.74 Å². The summed E-state index contributed by atoms with van der Waals surface area (Å²) in [4.78, 5) is 56.2. The van der Waals surface area contributed by atoms with Gasteiger partial charge in [-0.2, -0.15) is 0 Å². The zero-order valence-electron chi connectivity index (χ0n) is 19.5. The Kier molecular flexibility index (Phi) is 6.72. The van der Waals surface area contributed by atoms with E-state index in [-0.39, 0.29) is 36.0 Å². The van der Waals surface area contributed by atoms with Gasteiger partial charge in [-0.25, -0.2) is 0 Å². The molecule has 0 N–H and O–H groups in total. The van der Waals surface area contributed by atoms with Crippen LogP contribution in [0.4, 0.5) is 0 Å². The fourth-order valence-corrected chi connectivity index (χ4v) is 5.44. The standard InChI is InChI=1S/C25H33N3O5/c1-3-33-24(32)19-8-12-27(13-9-19)22(30)16-25(10-14-26(15-11-25)18(2)29)28-17-20-6-4-5-7-21(20)23(28)31/h4-7,19H,3,8-17H2,1-2H3. The van der Waals surface area contributed by atoms with Crippen molar-refractivity contribution >= 4 is 23.7 Å². The van der Waals surface area contributed by atoms with Crippen LogP contribution in [0.15, 0.2) is 24.3 Å². The van der Waals surface area contributed by atoms with Crippen molar-refractivity contribution in [2.24, 2.45) is 5.92 Å². The summed E-state index contributed by atoms with van der Waals surface area (Å²) in [6.07, 6.45) is 2.60. The molecule has 178 valence electrons. The minimum Gasteiger partial charge on any atom is -0.466 e. The zero-order valence-corrected chi connectivity index (χ0v) is 19.5. The second-order valence-corrected chi connectivity index (χ2v) is 9.36. The van der Waals surface area contributed by atoms with Crippen LogP contribution in [0, 0.1) is 5.92 Å². The lowest BCUT2D eigenvalue weighted by atomic mass is 9.81. The Balaban J connectivity index is 1.49. The van der Waals surface area contributed by atoms with Gasteiger partial charge in [0.05, 0.1) is 24.5 Å². The lowest BCUT2D eigenvalue weighted by Crippen LogP contribution is -2.58.